The van der Waals surface area contributed by atoms with Crippen LogP contribution in [0.2, 0.25) is 0 Å². The molecule has 0 N–H and O–H groups in total. The second kappa shape index (κ2) is 7.57. The van der Waals surface area contributed by atoms with Crippen molar-refractivity contribution in [3.8, 4) is 5.88 Å². The van der Waals surface area contributed by atoms with Crippen molar-refractivity contribution in [3.63, 3.8) is 0 Å². The van der Waals surface area contributed by atoms with Crippen LogP contribution in [0.5, 0.6) is 5.88 Å². The normalized spacial score (nSPS) is 15.3. The Kier molecular flexibility index (Phi) is 5.25. The van der Waals surface area contributed by atoms with Gasteiger partial charge >= 0.3 is 0 Å². The van der Waals surface area contributed by atoms with Crippen molar-refractivity contribution in [2.24, 2.45) is 5.92 Å². The Balaban J connectivity index is 1.49. The first kappa shape index (κ1) is 16.6. The Labute approximate surface area is 145 Å². The maximum Gasteiger partial charge on any atom is 0.254 e. The van der Waals surface area contributed by atoms with Gasteiger partial charge < -0.3 is 9.64 Å². The topological polar surface area (TPSA) is 59.5 Å². The maximum absolute atomic E-state index is 12.5. The van der Waals surface area contributed by atoms with E-state index in [1.54, 1.807) is 17.6 Å². The van der Waals surface area contributed by atoms with E-state index in [4.69, 9.17) is 4.74 Å². The Bertz CT molecular complexity index is 706. The van der Waals surface area contributed by atoms with Crippen LogP contribution in [0.25, 0.3) is 0 Å². The highest BCUT2D eigenvalue weighted by Gasteiger charge is 2.25. The van der Waals surface area contributed by atoms with Crippen molar-refractivity contribution < 1.29 is 14.3 Å². The Morgan fingerprint density at radius 2 is 2.12 bits per heavy atom. The smallest absolute Gasteiger partial charge is 0.254 e. The van der Waals surface area contributed by atoms with Gasteiger partial charge in [-0.3, -0.25) is 9.59 Å². The molecule has 2 aromatic heterocycles. The number of ketones is 1. The third kappa shape index (κ3) is 4.00. The lowest BCUT2D eigenvalue weighted by Gasteiger charge is -2.31. The van der Waals surface area contributed by atoms with Gasteiger partial charge in [0.2, 0.25) is 5.88 Å². The van der Waals surface area contributed by atoms with Crippen LogP contribution in [0.3, 0.4) is 0 Å². The van der Waals surface area contributed by atoms with Gasteiger partial charge in [-0.1, -0.05) is 6.07 Å². The second-order valence-corrected chi connectivity index (χ2v) is 6.88. The molecule has 0 atom stereocenters. The number of Topliss-reactive ketones (excluding diaryl/α,β-unsaturated/α-hetero) is 1. The van der Waals surface area contributed by atoms with E-state index in [0.717, 1.165) is 25.9 Å². The molecular formula is C18H20N2O3S. The molecule has 1 aliphatic heterocycles. The standard InChI is InChI=1S/C18H20N2O3S/c1-13(21)16-10-15(12-24-16)18(22)20-8-5-14(6-9-20)11-23-17-4-2-3-7-19-17/h2-4,7,10,12,14H,5-6,8-9,11H2,1H3. The van der Waals surface area contributed by atoms with E-state index < -0.39 is 0 Å². The molecule has 6 heteroatoms. The van der Waals surface area contributed by atoms with Crippen LogP contribution in [-0.2, 0) is 0 Å². The number of likely N-dealkylation sites (tertiary alicyclic amines) is 1. The highest BCUT2D eigenvalue weighted by atomic mass is 32.1. The van der Waals surface area contributed by atoms with Gasteiger partial charge in [-0.25, -0.2) is 4.98 Å². The summed E-state index contributed by atoms with van der Waals surface area (Å²) in [6, 6.07) is 7.31. The van der Waals surface area contributed by atoms with E-state index in [2.05, 4.69) is 4.98 Å². The molecule has 1 fully saturated rings. The zero-order valence-electron chi connectivity index (χ0n) is 13.6. The number of pyridine rings is 1. The Hall–Kier alpha value is -2.21. The van der Waals surface area contributed by atoms with Crippen LogP contribution in [0, 0.1) is 5.92 Å². The summed E-state index contributed by atoms with van der Waals surface area (Å²) in [4.78, 5) is 30.5. The van der Waals surface area contributed by atoms with E-state index in [-0.39, 0.29) is 11.7 Å². The molecule has 0 radical (unpaired) electrons. The van der Waals surface area contributed by atoms with Gasteiger partial charge in [0.25, 0.3) is 5.91 Å². The lowest BCUT2D eigenvalue weighted by molar-refractivity contribution is 0.0660. The van der Waals surface area contributed by atoms with Gasteiger partial charge in [-0.05, 0) is 37.8 Å². The number of ether oxygens (including phenoxy) is 1. The summed E-state index contributed by atoms with van der Waals surface area (Å²) in [6.07, 6.45) is 3.55. The summed E-state index contributed by atoms with van der Waals surface area (Å²) >= 11 is 1.33. The van der Waals surface area contributed by atoms with Crippen LogP contribution in [0.1, 0.15) is 39.8 Å². The summed E-state index contributed by atoms with van der Waals surface area (Å²) in [5.41, 5.74) is 0.619. The fraction of sp³-hybridized carbons (Fsp3) is 0.389. The Morgan fingerprint density at radius 1 is 1.33 bits per heavy atom. The molecule has 1 amide bonds. The lowest BCUT2D eigenvalue weighted by atomic mass is 9.97. The number of piperidine rings is 1. The quantitative estimate of drug-likeness (QED) is 0.781. The SMILES string of the molecule is CC(=O)c1cc(C(=O)N2CCC(COc3ccccn3)CC2)cs1. The average molecular weight is 344 g/mol. The van der Waals surface area contributed by atoms with Crippen LogP contribution in [0.15, 0.2) is 35.8 Å². The lowest BCUT2D eigenvalue weighted by Crippen LogP contribution is -2.39. The number of nitrogens with zero attached hydrogens (tertiary/aromatic N) is 2. The summed E-state index contributed by atoms with van der Waals surface area (Å²) < 4.78 is 5.71. The van der Waals surface area contributed by atoms with Crippen molar-refractivity contribution in [1.29, 1.82) is 0 Å². The van der Waals surface area contributed by atoms with Gasteiger partial charge in [-0.15, -0.1) is 11.3 Å². The van der Waals surface area contributed by atoms with Crippen LogP contribution < -0.4 is 4.74 Å². The summed E-state index contributed by atoms with van der Waals surface area (Å²) in [7, 11) is 0. The molecule has 3 rings (SSSR count). The zero-order chi connectivity index (χ0) is 16.9. The van der Waals surface area contributed by atoms with Crippen molar-refractivity contribution in [1.82, 2.24) is 9.88 Å². The van der Waals surface area contributed by atoms with Gasteiger partial charge in [0.15, 0.2) is 5.78 Å². The van der Waals surface area contributed by atoms with E-state index >= 15 is 0 Å². The number of hydrogen-bond donors (Lipinski definition) is 0. The predicted molar refractivity (Wildman–Crippen MR) is 92.7 cm³/mol. The number of aromatic nitrogens is 1. The number of amides is 1. The number of thiophene rings is 1. The van der Waals surface area contributed by atoms with Crippen molar-refractivity contribution in [2.45, 2.75) is 19.8 Å². The molecule has 0 unspecified atom stereocenters. The van der Waals surface area contributed by atoms with Gasteiger partial charge in [-0.2, -0.15) is 0 Å². The molecule has 1 aliphatic rings. The van der Waals surface area contributed by atoms with Crippen molar-refractivity contribution >= 4 is 23.0 Å². The minimum absolute atomic E-state index is 0.00410. The minimum Gasteiger partial charge on any atom is -0.477 e. The van der Waals surface area contributed by atoms with E-state index in [0.29, 0.717) is 28.8 Å². The van der Waals surface area contributed by atoms with Crippen LogP contribution in [-0.4, -0.2) is 41.3 Å². The molecule has 0 saturated carbocycles. The van der Waals surface area contributed by atoms with E-state index in [1.807, 2.05) is 23.1 Å². The van der Waals surface area contributed by atoms with Crippen molar-refractivity contribution in [3.05, 3.63) is 46.3 Å². The maximum atomic E-state index is 12.5. The molecule has 3 heterocycles. The second-order valence-electron chi connectivity index (χ2n) is 5.97. The van der Waals surface area contributed by atoms with Crippen LogP contribution in [0.4, 0.5) is 0 Å². The average Bonchev–Trinajstić information content (AvgIpc) is 3.11. The first-order valence-corrected chi connectivity index (χ1v) is 8.94. The summed E-state index contributed by atoms with van der Waals surface area (Å²) in [5.74, 6) is 1.10. The van der Waals surface area contributed by atoms with Crippen molar-refractivity contribution in [2.75, 3.05) is 19.7 Å². The van der Waals surface area contributed by atoms with Gasteiger partial charge in [0.1, 0.15) is 0 Å². The number of carbonyl (C=O) groups excluding carboxylic acids is 2. The third-order valence-electron chi connectivity index (χ3n) is 4.20. The number of carbonyl (C=O) groups is 2. The largest absolute Gasteiger partial charge is 0.477 e. The Morgan fingerprint density at radius 3 is 2.75 bits per heavy atom. The summed E-state index contributed by atoms with van der Waals surface area (Å²) in [6.45, 7) is 3.60. The third-order valence-corrected chi connectivity index (χ3v) is 5.23. The van der Waals surface area contributed by atoms with Gasteiger partial charge in [0, 0.05) is 30.7 Å². The molecule has 126 valence electrons. The highest BCUT2D eigenvalue weighted by Crippen LogP contribution is 2.22. The zero-order valence-corrected chi connectivity index (χ0v) is 14.4. The molecule has 0 spiro atoms. The molecule has 2 aromatic rings. The van der Waals surface area contributed by atoms with Crippen LogP contribution >= 0.6 is 11.3 Å². The van der Waals surface area contributed by atoms with Gasteiger partial charge in [0.05, 0.1) is 17.0 Å². The van der Waals surface area contributed by atoms with E-state index in [9.17, 15) is 9.59 Å². The molecule has 5 nitrogen and oxygen atoms in total. The molecule has 24 heavy (non-hydrogen) atoms. The minimum atomic E-state index is 0.00410. The first-order chi connectivity index (χ1) is 11.6. The highest BCUT2D eigenvalue weighted by molar-refractivity contribution is 7.12. The fourth-order valence-electron chi connectivity index (χ4n) is 2.75. The van der Waals surface area contributed by atoms with E-state index in [1.165, 1.54) is 18.3 Å². The number of rotatable bonds is 5. The first-order valence-electron chi connectivity index (χ1n) is 8.06. The molecule has 0 aliphatic carbocycles. The molecule has 0 aromatic carbocycles. The molecular weight excluding hydrogens is 324 g/mol. The fourth-order valence-corrected chi connectivity index (χ4v) is 3.54. The monoisotopic (exact) mass is 344 g/mol. The molecule has 1 saturated heterocycles. The molecule has 0 bridgehead atoms. The predicted octanol–water partition coefficient (Wildman–Crippen LogP) is 3.28. The summed E-state index contributed by atoms with van der Waals surface area (Å²) in [5, 5.41) is 1.77. The number of hydrogen-bond acceptors (Lipinski definition) is 5.